The van der Waals surface area contributed by atoms with Gasteiger partial charge in [-0.1, -0.05) is 42.3 Å². The molecule has 33 heavy (non-hydrogen) atoms. The third-order valence-electron chi connectivity index (χ3n) is 5.16. The zero-order chi connectivity index (χ0) is 24.9. The lowest BCUT2D eigenvalue weighted by Crippen LogP contribution is -2.51. The highest BCUT2D eigenvalue weighted by Crippen LogP contribution is 2.25. The van der Waals surface area contributed by atoms with E-state index in [2.05, 4.69) is 5.32 Å². The number of hydrogen-bond acceptors (Lipinski definition) is 4. The Morgan fingerprint density at radius 1 is 1.06 bits per heavy atom. The van der Waals surface area contributed by atoms with Crippen molar-refractivity contribution >= 4 is 50.7 Å². The lowest BCUT2D eigenvalue weighted by atomic mass is 10.1. The van der Waals surface area contributed by atoms with Gasteiger partial charge in [-0.3, -0.25) is 13.9 Å². The summed E-state index contributed by atoms with van der Waals surface area (Å²) in [6.45, 7) is 5.05. The molecular weight excluding hydrogens is 485 g/mol. The van der Waals surface area contributed by atoms with Crippen molar-refractivity contribution in [2.24, 2.45) is 0 Å². The number of amides is 2. The molecule has 180 valence electrons. The third-order valence-corrected chi connectivity index (χ3v) is 6.89. The molecule has 2 amide bonds. The molecule has 1 atom stereocenters. The smallest absolute Gasteiger partial charge is 0.244 e. The van der Waals surface area contributed by atoms with Crippen LogP contribution in [0.1, 0.15) is 30.0 Å². The van der Waals surface area contributed by atoms with Crippen LogP contribution >= 0.6 is 23.2 Å². The first kappa shape index (κ1) is 27.0. The van der Waals surface area contributed by atoms with Gasteiger partial charge >= 0.3 is 0 Å². The Kier molecular flexibility index (Phi) is 9.17. The number of hydrogen-bond donors (Lipinski definition) is 1. The van der Waals surface area contributed by atoms with Gasteiger partial charge in [-0.2, -0.15) is 0 Å². The summed E-state index contributed by atoms with van der Waals surface area (Å²) < 4.78 is 26.3. The lowest BCUT2D eigenvalue weighted by molar-refractivity contribution is -0.140. The van der Waals surface area contributed by atoms with Crippen molar-refractivity contribution in [2.45, 2.75) is 39.8 Å². The number of likely N-dealkylation sites (N-methyl/N-ethyl adjacent to an activating group) is 1. The zero-order valence-corrected chi connectivity index (χ0v) is 21.7. The maximum Gasteiger partial charge on any atom is 0.244 e. The molecule has 0 aromatic heterocycles. The van der Waals surface area contributed by atoms with Gasteiger partial charge in [0.05, 0.1) is 11.9 Å². The fourth-order valence-electron chi connectivity index (χ4n) is 3.63. The summed E-state index contributed by atoms with van der Waals surface area (Å²) in [6.07, 6.45) is 1.38. The Bertz CT molecular complexity index is 1120. The molecule has 2 aromatic carbocycles. The Labute approximate surface area is 205 Å². The van der Waals surface area contributed by atoms with Crippen molar-refractivity contribution in [2.75, 3.05) is 24.2 Å². The molecule has 0 bridgehead atoms. The molecule has 0 heterocycles. The first-order valence-corrected chi connectivity index (χ1v) is 13.0. The molecule has 0 aliphatic carbocycles. The van der Waals surface area contributed by atoms with Gasteiger partial charge in [-0.15, -0.1) is 0 Å². The summed E-state index contributed by atoms with van der Waals surface area (Å²) in [5, 5.41) is 3.36. The van der Waals surface area contributed by atoms with E-state index in [1.807, 2.05) is 19.9 Å². The SMILES string of the molecule is CC[C@H](C(=O)NC)N(Cc1ccc(Cl)cc1Cl)C(=O)CN(c1cc(C)cc(C)c1)S(C)(=O)=O. The van der Waals surface area contributed by atoms with Crippen LogP contribution in [0.3, 0.4) is 0 Å². The minimum absolute atomic E-state index is 0.0191. The van der Waals surface area contributed by atoms with E-state index in [-0.39, 0.29) is 12.5 Å². The highest BCUT2D eigenvalue weighted by Gasteiger charge is 2.31. The fraction of sp³-hybridized carbons (Fsp3) is 0.391. The number of halogens is 2. The van der Waals surface area contributed by atoms with E-state index in [4.69, 9.17) is 23.2 Å². The molecule has 0 aliphatic rings. The van der Waals surface area contributed by atoms with E-state index in [1.54, 1.807) is 37.3 Å². The minimum atomic E-state index is -3.78. The fourth-order valence-corrected chi connectivity index (χ4v) is 4.93. The summed E-state index contributed by atoms with van der Waals surface area (Å²) in [7, 11) is -2.30. The first-order valence-electron chi connectivity index (χ1n) is 10.4. The van der Waals surface area contributed by atoms with Crippen molar-refractivity contribution in [3.8, 4) is 0 Å². The molecule has 0 spiro atoms. The van der Waals surface area contributed by atoms with E-state index in [1.165, 1.54) is 11.9 Å². The van der Waals surface area contributed by atoms with E-state index >= 15 is 0 Å². The van der Waals surface area contributed by atoms with Crippen molar-refractivity contribution < 1.29 is 18.0 Å². The number of benzene rings is 2. The van der Waals surface area contributed by atoms with Gasteiger partial charge in [-0.25, -0.2) is 8.42 Å². The van der Waals surface area contributed by atoms with Crippen LogP contribution < -0.4 is 9.62 Å². The number of nitrogens with one attached hydrogen (secondary N) is 1. The van der Waals surface area contributed by atoms with Crippen molar-refractivity contribution in [3.63, 3.8) is 0 Å². The average molecular weight is 514 g/mol. The van der Waals surface area contributed by atoms with E-state index in [0.29, 0.717) is 27.7 Å². The van der Waals surface area contributed by atoms with Gasteiger partial charge in [0.25, 0.3) is 0 Å². The quantitative estimate of drug-likeness (QED) is 0.550. The van der Waals surface area contributed by atoms with E-state index in [9.17, 15) is 18.0 Å². The topological polar surface area (TPSA) is 86.8 Å². The van der Waals surface area contributed by atoms with Crippen LogP contribution in [0.15, 0.2) is 36.4 Å². The molecule has 0 saturated carbocycles. The maximum absolute atomic E-state index is 13.5. The monoisotopic (exact) mass is 513 g/mol. The van der Waals surface area contributed by atoms with Gasteiger partial charge in [0.15, 0.2) is 0 Å². The van der Waals surface area contributed by atoms with Gasteiger partial charge < -0.3 is 10.2 Å². The molecule has 1 N–H and O–H groups in total. The predicted molar refractivity (Wildman–Crippen MR) is 133 cm³/mol. The summed E-state index contributed by atoms with van der Waals surface area (Å²) >= 11 is 12.3. The molecule has 0 aliphatic heterocycles. The van der Waals surface area contributed by atoms with Crippen LogP contribution in [0.4, 0.5) is 5.69 Å². The van der Waals surface area contributed by atoms with Crippen LogP contribution in [-0.2, 0) is 26.2 Å². The van der Waals surface area contributed by atoms with Crippen molar-refractivity contribution in [1.29, 1.82) is 0 Å². The molecule has 0 fully saturated rings. The molecule has 10 heteroatoms. The normalized spacial score (nSPS) is 12.2. The second-order valence-electron chi connectivity index (χ2n) is 7.91. The molecular formula is C23H29Cl2N3O4S. The highest BCUT2D eigenvalue weighted by atomic mass is 35.5. The maximum atomic E-state index is 13.5. The first-order chi connectivity index (χ1) is 15.4. The Balaban J connectivity index is 2.49. The summed E-state index contributed by atoms with van der Waals surface area (Å²) in [4.78, 5) is 27.4. The van der Waals surface area contributed by atoms with Crippen LogP contribution in [-0.4, -0.2) is 51.0 Å². The van der Waals surface area contributed by atoms with Crippen molar-refractivity contribution in [1.82, 2.24) is 10.2 Å². The molecule has 7 nitrogen and oxygen atoms in total. The van der Waals surface area contributed by atoms with Gasteiger partial charge in [-0.05, 0) is 61.2 Å². The second kappa shape index (κ2) is 11.2. The third kappa shape index (κ3) is 7.09. The van der Waals surface area contributed by atoms with Crippen LogP contribution in [0.5, 0.6) is 0 Å². The minimum Gasteiger partial charge on any atom is -0.357 e. The molecule has 0 saturated heterocycles. The number of anilines is 1. The number of sulfonamides is 1. The molecule has 2 aromatic rings. The van der Waals surface area contributed by atoms with Gasteiger partial charge in [0.1, 0.15) is 12.6 Å². The highest BCUT2D eigenvalue weighted by molar-refractivity contribution is 7.92. The van der Waals surface area contributed by atoms with Crippen LogP contribution in [0, 0.1) is 13.8 Å². The second-order valence-corrected chi connectivity index (χ2v) is 10.7. The van der Waals surface area contributed by atoms with E-state index in [0.717, 1.165) is 21.7 Å². The number of aryl methyl sites for hydroxylation is 2. The predicted octanol–water partition coefficient (Wildman–Crippen LogP) is 3.93. The largest absolute Gasteiger partial charge is 0.357 e. The number of carbonyl (C=O) groups excluding carboxylic acids is 2. The Morgan fingerprint density at radius 2 is 1.67 bits per heavy atom. The van der Waals surface area contributed by atoms with Crippen LogP contribution in [0.25, 0.3) is 0 Å². The Morgan fingerprint density at radius 3 is 2.15 bits per heavy atom. The number of carbonyl (C=O) groups is 2. The molecule has 0 unspecified atom stereocenters. The van der Waals surface area contributed by atoms with Crippen LogP contribution in [0.2, 0.25) is 10.0 Å². The Hall–Kier alpha value is -2.29. The summed E-state index contributed by atoms with van der Waals surface area (Å²) in [5.74, 6) is -0.880. The number of nitrogens with zero attached hydrogens (tertiary/aromatic N) is 2. The van der Waals surface area contributed by atoms with E-state index < -0.39 is 28.5 Å². The summed E-state index contributed by atoms with van der Waals surface area (Å²) in [5.41, 5.74) is 2.72. The molecule has 2 rings (SSSR count). The van der Waals surface area contributed by atoms with Crippen molar-refractivity contribution in [3.05, 3.63) is 63.1 Å². The zero-order valence-electron chi connectivity index (χ0n) is 19.4. The van der Waals surface area contributed by atoms with Gasteiger partial charge in [0, 0.05) is 23.6 Å². The van der Waals surface area contributed by atoms with Gasteiger partial charge in [0.2, 0.25) is 21.8 Å². The summed E-state index contributed by atoms with van der Waals surface area (Å²) in [6, 6.07) is 9.40. The standard InChI is InChI=1S/C23H29Cl2N3O4S/c1-6-21(23(30)26-4)27(13-17-7-8-18(24)12-20(17)25)22(29)14-28(33(5,31)32)19-10-15(2)9-16(3)11-19/h7-12,21H,6,13-14H2,1-5H3,(H,26,30)/t21-/m1/s1. The lowest BCUT2D eigenvalue weighted by Gasteiger charge is -2.33. The molecule has 0 radical (unpaired) electrons. The average Bonchev–Trinajstić information content (AvgIpc) is 2.71. The number of rotatable bonds is 9.